The van der Waals surface area contributed by atoms with Crippen LogP contribution in [0.5, 0.6) is 11.5 Å². The van der Waals surface area contributed by atoms with Crippen LogP contribution >= 0.6 is 11.6 Å². The minimum Gasteiger partial charge on any atom is -0.495 e. The maximum atomic E-state index is 6.14. The van der Waals surface area contributed by atoms with Crippen molar-refractivity contribution >= 4 is 17.3 Å². The highest BCUT2D eigenvalue weighted by Crippen LogP contribution is 2.36. The maximum Gasteiger partial charge on any atom is 0.145 e. The summed E-state index contributed by atoms with van der Waals surface area (Å²) in [5.41, 5.74) is 2.93. The van der Waals surface area contributed by atoms with Gasteiger partial charge in [0.2, 0.25) is 0 Å². The van der Waals surface area contributed by atoms with Crippen LogP contribution in [0.3, 0.4) is 0 Å². The van der Waals surface area contributed by atoms with Crippen LogP contribution in [0.25, 0.3) is 0 Å². The molecule has 0 aliphatic carbocycles. The third-order valence-corrected chi connectivity index (χ3v) is 3.33. The van der Waals surface area contributed by atoms with E-state index in [9.17, 15) is 0 Å². The zero-order chi connectivity index (χ0) is 14.5. The van der Waals surface area contributed by atoms with Crippen LogP contribution in [0.4, 0.5) is 5.69 Å². The highest BCUT2D eigenvalue weighted by atomic mass is 35.5. The molecule has 1 aromatic heterocycles. The monoisotopic (exact) mass is 292 g/mol. The molecule has 0 bridgehead atoms. The molecule has 2 aromatic rings. The number of pyridine rings is 1. The van der Waals surface area contributed by atoms with E-state index in [1.165, 1.54) is 0 Å². The Hall–Kier alpha value is -1.94. The molecule has 1 aromatic carbocycles. The Labute approximate surface area is 123 Å². The second-order valence-corrected chi connectivity index (χ2v) is 4.71. The summed E-state index contributed by atoms with van der Waals surface area (Å²) in [5, 5.41) is 3.82. The minimum absolute atomic E-state index is 0.536. The first-order valence-corrected chi connectivity index (χ1v) is 6.59. The molecule has 0 saturated heterocycles. The lowest BCUT2D eigenvalue weighted by molar-refractivity contribution is 0.395. The Bertz CT molecular complexity index is 602. The van der Waals surface area contributed by atoms with Gasteiger partial charge in [0.1, 0.15) is 11.5 Å². The molecule has 1 N–H and O–H groups in total. The highest BCUT2D eigenvalue weighted by molar-refractivity contribution is 6.32. The molecule has 0 atom stereocenters. The number of rotatable bonds is 5. The van der Waals surface area contributed by atoms with Crippen molar-refractivity contribution in [1.29, 1.82) is 0 Å². The van der Waals surface area contributed by atoms with E-state index >= 15 is 0 Å². The summed E-state index contributed by atoms with van der Waals surface area (Å²) in [6.45, 7) is 2.63. The van der Waals surface area contributed by atoms with Gasteiger partial charge in [-0.25, -0.2) is 0 Å². The molecule has 0 amide bonds. The smallest absolute Gasteiger partial charge is 0.145 e. The van der Waals surface area contributed by atoms with Crippen molar-refractivity contribution in [2.45, 2.75) is 13.5 Å². The zero-order valence-electron chi connectivity index (χ0n) is 11.7. The lowest BCUT2D eigenvalue weighted by atomic mass is 10.2. The van der Waals surface area contributed by atoms with Gasteiger partial charge in [0, 0.05) is 12.3 Å². The van der Waals surface area contributed by atoms with E-state index in [2.05, 4.69) is 10.3 Å². The number of methoxy groups -OCH3 is 2. The molecule has 5 heteroatoms. The second-order valence-electron chi connectivity index (χ2n) is 4.31. The first kappa shape index (κ1) is 14.5. The fourth-order valence-electron chi connectivity index (χ4n) is 1.88. The molecule has 2 rings (SSSR count). The van der Waals surface area contributed by atoms with Gasteiger partial charge in [0.15, 0.2) is 0 Å². The van der Waals surface area contributed by atoms with Crippen LogP contribution in [-0.4, -0.2) is 19.2 Å². The Morgan fingerprint density at radius 3 is 2.60 bits per heavy atom. The Morgan fingerprint density at radius 1 is 1.20 bits per heavy atom. The van der Waals surface area contributed by atoms with Crippen molar-refractivity contribution in [3.05, 3.63) is 46.7 Å². The minimum atomic E-state index is 0.536. The van der Waals surface area contributed by atoms with E-state index in [4.69, 9.17) is 21.1 Å². The molecule has 0 radical (unpaired) electrons. The molecular weight excluding hydrogens is 276 g/mol. The zero-order valence-corrected chi connectivity index (χ0v) is 12.5. The summed E-state index contributed by atoms with van der Waals surface area (Å²) in [5.74, 6) is 1.27. The number of benzene rings is 1. The number of anilines is 1. The molecule has 0 saturated carbocycles. The van der Waals surface area contributed by atoms with Crippen LogP contribution in [0.15, 0.2) is 30.5 Å². The van der Waals surface area contributed by atoms with Gasteiger partial charge in [-0.2, -0.15) is 0 Å². The lowest BCUT2D eigenvalue weighted by Gasteiger charge is -2.14. The predicted molar refractivity (Wildman–Crippen MR) is 80.9 cm³/mol. The summed E-state index contributed by atoms with van der Waals surface area (Å²) in [6, 6.07) is 7.50. The van der Waals surface area contributed by atoms with Gasteiger partial charge < -0.3 is 14.8 Å². The van der Waals surface area contributed by atoms with E-state index in [1.807, 2.05) is 19.1 Å². The van der Waals surface area contributed by atoms with Crippen LogP contribution in [0.2, 0.25) is 5.02 Å². The van der Waals surface area contributed by atoms with Gasteiger partial charge >= 0.3 is 0 Å². The van der Waals surface area contributed by atoms with E-state index in [-0.39, 0.29) is 0 Å². The van der Waals surface area contributed by atoms with Crippen LogP contribution in [0, 0.1) is 6.92 Å². The molecule has 106 valence electrons. The number of hydrogen-bond acceptors (Lipinski definition) is 4. The Morgan fingerprint density at radius 2 is 1.95 bits per heavy atom. The standard InChI is InChI=1S/C15H17ClN2O2/c1-10-5-4-6-17-13(10)9-18-12-7-11(16)14(19-2)8-15(12)20-3/h4-8,18H,9H2,1-3H3. The third kappa shape index (κ3) is 3.14. The third-order valence-electron chi connectivity index (χ3n) is 3.04. The number of hydrogen-bond donors (Lipinski definition) is 1. The normalized spacial score (nSPS) is 10.2. The quantitative estimate of drug-likeness (QED) is 0.913. The number of ether oxygens (including phenoxy) is 2. The molecule has 0 aliphatic rings. The summed E-state index contributed by atoms with van der Waals surface area (Å²) < 4.78 is 10.5. The van der Waals surface area contributed by atoms with Crippen LogP contribution in [0.1, 0.15) is 11.3 Å². The molecular formula is C15H17ClN2O2. The fourth-order valence-corrected chi connectivity index (χ4v) is 2.12. The van der Waals surface area contributed by atoms with Crippen LogP contribution < -0.4 is 14.8 Å². The fraction of sp³-hybridized carbons (Fsp3) is 0.267. The van der Waals surface area contributed by atoms with Crippen molar-refractivity contribution in [3.63, 3.8) is 0 Å². The molecule has 4 nitrogen and oxygen atoms in total. The summed E-state index contributed by atoms with van der Waals surface area (Å²) in [7, 11) is 3.19. The molecule has 20 heavy (non-hydrogen) atoms. The molecule has 0 fully saturated rings. The van der Waals surface area contributed by atoms with Gasteiger partial charge in [0.25, 0.3) is 0 Å². The van der Waals surface area contributed by atoms with Gasteiger partial charge in [0.05, 0.1) is 37.2 Å². The summed E-state index contributed by atoms with van der Waals surface area (Å²) in [4.78, 5) is 4.34. The van der Waals surface area contributed by atoms with Crippen LogP contribution in [-0.2, 0) is 6.54 Å². The van der Waals surface area contributed by atoms with Crippen molar-refractivity contribution in [2.75, 3.05) is 19.5 Å². The average Bonchev–Trinajstić information content (AvgIpc) is 2.46. The van der Waals surface area contributed by atoms with Crippen molar-refractivity contribution in [1.82, 2.24) is 4.98 Å². The maximum absolute atomic E-state index is 6.14. The predicted octanol–water partition coefficient (Wildman–Crippen LogP) is 3.67. The van der Waals surface area contributed by atoms with Gasteiger partial charge in [-0.3, -0.25) is 4.98 Å². The number of aryl methyl sites for hydroxylation is 1. The number of aromatic nitrogens is 1. The highest BCUT2D eigenvalue weighted by Gasteiger charge is 2.10. The summed E-state index contributed by atoms with van der Waals surface area (Å²) >= 11 is 6.14. The average molecular weight is 293 g/mol. The van der Waals surface area contributed by atoms with Gasteiger partial charge in [-0.1, -0.05) is 17.7 Å². The SMILES string of the molecule is COc1cc(OC)c(NCc2ncccc2C)cc1Cl. The lowest BCUT2D eigenvalue weighted by Crippen LogP contribution is -2.05. The molecule has 0 aliphatic heterocycles. The largest absolute Gasteiger partial charge is 0.495 e. The van der Waals surface area contributed by atoms with E-state index in [0.717, 1.165) is 16.9 Å². The number of nitrogens with zero attached hydrogens (tertiary/aromatic N) is 1. The molecule has 1 heterocycles. The first-order valence-electron chi connectivity index (χ1n) is 6.21. The van der Waals surface area contributed by atoms with Gasteiger partial charge in [-0.15, -0.1) is 0 Å². The van der Waals surface area contributed by atoms with Crippen molar-refractivity contribution < 1.29 is 9.47 Å². The topological polar surface area (TPSA) is 43.4 Å². The van der Waals surface area contributed by atoms with Crippen molar-refractivity contribution in [2.24, 2.45) is 0 Å². The van der Waals surface area contributed by atoms with Gasteiger partial charge in [-0.05, 0) is 24.6 Å². The number of nitrogens with one attached hydrogen (secondary N) is 1. The number of halogens is 1. The molecule has 0 spiro atoms. The summed E-state index contributed by atoms with van der Waals surface area (Å²) in [6.07, 6.45) is 1.78. The molecule has 0 unspecified atom stereocenters. The van der Waals surface area contributed by atoms with E-state index in [1.54, 1.807) is 32.5 Å². The van der Waals surface area contributed by atoms with E-state index in [0.29, 0.717) is 23.1 Å². The Balaban J connectivity index is 2.21. The van der Waals surface area contributed by atoms with E-state index < -0.39 is 0 Å². The Kier molecular flexibility index (Phi) is 4.69. The van der Waals surface area contributed by atoms with Crippen molar-refractivity contribution in [3.8, 4) is 11.5 Å². The first-order chi connectivity index (χ1) is 9.65. The second kappa shape index (κ2) is 6.48.